The van der Waals surface area contributed by atoms with Crippen molar-refractivity contribution in [2.45, 2.75) is 18.9 Å². The zero-order chi connectivity index (χ0) is 17.7. The second-order valence-corrected chi connectivity index (χ2v) is 4.52. The molecular weight excluding hydrogens is 306 g/mol. The van der Waals surface area contributed by atoms with E-state index in [0.717, 1.165) is 0 Å². The summed E-state index contributed by atoms with van der Waals surface area (Å²) in [5.74, 6) is -1.58. The van der Waals surface area contributed by atoms with Crippen molar-refractivity contribution < 1.29 is 19.2 Å². The summed E-state index contributed by atoms with van der Waals surface area (Å²) in [6.45, 7) is -0.353. The standard InChI is InChI=1S/C12H23N7O4/c13-8(2-1-3-17-12(14)15)11(23)19-7-10(22)18-6-9(21)16-4-5-20/h5,8H,1-4,6-7,13H2,(H,16,21)(H,18,22)(H,19,23)(H4,14,15,17)/t8-/m1/s1. The van der Waals surface area contributed by atoms with Gasteiger partial charge in [-0.15, -0.1) is 0 Å². The molecule has 0 rings (SSSR count). The Bertz CT molecular complexity index is 449. The van der Waals surface area contributed by atoms with Gasteiger partial charge in [0.2, 0.25) is 17.7 Å². The molecular formula is C12H23N7O4. The molecule has 0 aromatic heterocycles. The van der Waals surface area contributed by atoms with Gasteiger partial charge in [0.05, 0.1) is 25.7 Å². The predicted octanol–water partition coefficient (Wildman–Crippen LogP) is -4.09. The van der Waals surface area contributed by atoms with Crippen LogP contribution in [0.1, 0.15) is 12.8 Å². The van der Waals surface area contributed by atoms with Gasteiger partial charge >= 0.3 is 0 Å². The number of carbonyl (C=O) groups excluding carboxylic acids is 4. The molecule has 0 bridgehead atoms. The maximum absolute atomic E-state index is 11.6. The zero-order valence-electron chi connectivity index (χ0n) is 12.7. The number of hydrogen-bond acceptors (Lipinski definition) is 6. The largest absolute Gasteiger partial charge is 0.370 e. The summed E-state index contributed by atoms with van der Waals surface area (Å²) in [5, 5.41) is 6.88. The van der Waals surface area contributed by atoms with E-state index in [4.69, 9.17) is 17.2 Å². The summed E-state index contributed by atoms with van der Waals surface area (Å²) in [7, 11) is 0. The average molecular weight is 329 g/mol. The van der Waals surface area contributed by atoms with Gasteiger partial charge in [0.1, 0.15) is 6.29 Å². The highest BCUT2D eigenvalue weighted by atomic mass is 16.2. The fourth-order valence-electron chi connectivity index (χ4n) is 1.41. The van der Waals surface area contributed by atoms with Gasteiger partial charge in [0, 0.05) is 6.54 Å². The molecule has 0 radical (unpaired) electrons. The van der Waals surface area contributed by atoms with Crippen LogP contribution >= 0.6 is 0 Å². The number of hydrogen-bond donors (Lipinski definition) is 6. The van der Waals surface area contributed by atoms with Crippen molar-refractivity contribution in [3.05, 3.63) is 0 Å². The number of amides is 3. The van der Waals surface area contributed by atoms with Gasteiger partial charge in [-0.2, -0.15) is 0 Å². The number of carbonyl (C=O) groups is 4. The van der Waals surface area contributed by atoms with E-state index in [2.05, 4.69) is 20.9 Å². The molecule has 11 nitrogen and oxygen atoms in total. The number of nitrogens with one attached hydrogen (secondary N) is 3. The summed E-state index contributed by atoms with van der Waals surface area (Å²) >= 11 is 0. The van der Waals surface area contributed by atoms with E-state index in [9.17, 15) is 19.2 Å². The van der Waals surface area contributed by atoms with Crippen molar-refractivity contribution in [1.29, 1.82) is 0 Å². The highest BCUT2D eigenvalue weighted by Gasteiger charge is 2.14. The van der Waals surface area contributed by atoms with Gasteiger partial charge in [0.25, 0.3) is 0 Å². The van der Waals surface area contributed by atoms with E-state index in [1.165, 1.54) is 0 Å². The summed E-state index contributed by atoms with van der Waals surface area (Å²) in [6.07, 6.45) is 1.41. The van der Waals surface area contributed by atoms with Crippen LogP contribution in [0.2, 0.25) is 0 Å². The monoisotopic (exact) mass is 329 g/mol. The summed E-state index contributed by atoms with van der Waals surface area (Å²) in [6, 6.07) is -0.784. The Morgan fingerprint density at radius 1 is 1.04 bits per heavy atom. The molecule has 23 heavy (non-hydrogen) atoms. The molecule has 0 aliphatic rings. The Balaban J connectivity index is 3.85. The van der Waals surface area contributed by atoms with Crippen LogP contribution in [0.15, 0.2) is 4.99 Å². The van der Waals surface area contributed by atoms with E-state index in [-0.39, 0.29) is 25.6 Å². The van der Waals surface area contributed by atoms with Crippen LogP contribution in [0.3, 0.4) is 0 Å². The van der Waals surface area contributed by atoms with Gasteiger partial charge in [-0.1, -0.05) is 0 Å². The lowest BCUT2D eigenvalue weighted by Crippen LogP contribution is -2.46. The lowest BCUT2D eigenvalue weighted by molar-refractivity contribution is -0.128. The number of nitrogens with two attached hydrogens (primary N) is 3. The first kappa shape index (κ1) is 20.3. The number of guanidine groups is 1. The summed E-state index contributed by atoms with van der Waals surface area (Å²) in [4.78, 5) is 48.0. The maximum Gasteiger partial charge on any atom is 0.239 e. The molecule has 0 unspecified atom stereocenters. The lowest BCUT2D eigenvalue weighted by Gasteiger charge is -2.11. The Morgan fingerprint density at radius 2 is 1.65 bits per heavy atom. The van der Waals surface area contributed by atoms with Crippen LogP contribution in [0.5, 0.6) is 0 Å². The van der Waals surface area contributed by atoms with Crippen LogP contribution in [-0.4, -0.2) is 62.2 Å². The number of nitrogens with zero attached hydrogens (tertiary/aromatic N) is 1. The van der Waals surface area contributed by atoms with E-state index >= 15 is 0 Å². The first-order valence-electron chi connectivity index (χ1n) is 6.92. The molecule has 0 fully saturated rings. The van der Waals surface area contributed by atoms with Crippen LogP contribution < -0.4 is 33.2 Å². The minimum Gasteiger partial charge on any atom is -0.370 e. The second kappa shape index (κ2) is 11.9. The normalized spacial score (nSPS) is 11.0. The number of aliphatic imine (C=N–C) groups is 1. The first-order valence-corrected chi connectivity index (χ1v) is 6.92. The van der Waals surface area contributed by atoms with E-state index in [0.29, 0.717) is 25.7 Å². The molecule has 0 aliphatic carbocycles. The third-order valence-electron chi connectivity index (χ3n) is 2.56. The molecule has 0 saturated carbocycles. The fraction of sp³-hybridized carbons (Fsp3) is 0.583. The molecule has 0 saturated heterocycles. The molecule has 0 aromatic carbocycles. The van der Waals surface area contributed by atoms with Crippen molar-refractivity contribution >= 4 is 30.0 Å². The van der Waals surface area contributed by atoms with Gasteiger partial charge in [-0.05, 0) is 12.8 Å². The summed E-state index contributed by atoms with van der Waals surface area (Å²) in [5.41, 5.74) is 16.0. The van der Waals surface area contributed by atoms with Crippen molar-refractivity contribution in [3.63, 3.8) is 0 Å². The third kappa shape index (κ3) is 11.6. The zero-order valence-corrected chi connectivity index (χ0v) is 12.7. The SMILES string of the molecule is NC(N)=NCCC[C@@H](N)C(=O)NCC(=O)NCC(=O)NCC=O. The smallest absolute Gasteiger partial charge is 0.239 e. The van der Waals surface area contributed by atoms with Crippen LogP contribution in [0.25, 0.3) is 0 Å². The van der Waals surface area contributed by atoms with E-state index in [1.807, 2.05) is 0 Å². The molecule has 0 aromatic rings. The van der Waals surface area contributed by atoms with Crippen molar-refractivity contribution in [2.75, 3.05) is 26.2 Å². The van der Waals surface area contributed by atoms with Crippen molar-refractivity contribution in [2.24, 2.45) is 22.2 Å². The van der Waals surface area contributed by atoms with Crippen molar-refractivity contribution in [3.8, 4) is 0 Å². The second-order valence-electron chi connectivity index (χ2n) is 4.52. The number of aldehydes is 1. The minimum absolute atomic E-state index is 0.0307. The third-order valence-corrected chi connectivity index (χ3v) is 2.56. The Kier molecular flexibility index (Phi) is 10.5. The van der Waals surface area contributed by atoms with Gasteiger partial charge < -0.3 is 37.9 Å². The molecule has 0 spiro atoms. The van der Waals surface area contributed by atoms with Crippen LogP contribution in [0.4, 0.5) is 0 Å². The molecule has 0 aliphatic heterocycles. The molecule has 1 atom stereocenters. The van der Waals surface area contributed by atoms with E-state index < -0.39 is 23.8 Å². The number of rotatable bonds is 11. The quantitative estimate of drug-likeness (QED) is 0.0958. The van der Waals surface area contributed by atoms with Crippen molar-refractivity contribution in [1.82, 2.24) is 16.0 Å². The minimum atomic E-state index is -0.784. The predicted molar refractivity (Wildman–Crippen MR) is 83.0 cm³/mol. The molecule has 11 heteroatoms. The highest BCUT2D eigenvalue weighted by Crippen LogP contribution is 1.95. The molecule has 130 valence electrons. The van der Waals surface area contributed by atoms with Gasteiger partial charge in [0.15, 0.2) is 5.96 Å². The van der Waals surface area contributed by atoms with E-state index in [1.54, 1.807) is 0 Å². The Labute approximate surface area is 133 Å². The Hall–Kier alpha value is -2.69. The fourth-order valence-corrected chi connectivity index (χ4v) is 1.41. The average Bonchev–Trinajstić information content (AvgIpc) is 2.52. The van der Waals surface area contributed by atoms with Crippen LogP contribution in [-0.2, 0) is 19.2 Å². The topological polar surface area (TPSA) is 195 Å². The Morgan fingerprint density at radius 3 is 2.26 bits per heavy atom. The first-order chi connectivity index (χ1) is 10.9. The summed E-state index contributed by atoms with van der Waals surface area (Å²) < 4.78 is 0. The molecule has 3 amide bonds. The van der Waals surface area contributed by atoms with Gasteiger partial charge in [-0.3, -0.25) is 19.4 Å². The van der Waals surface area contributed by atoms with Crippen LogP contribution in [0, 0.1) is 0 Å². The maximum atomic E-state index is 11.6. The lowest BCUT2D eigenvalue weighted by atomic mass is 10.1. The highest BCUT2D eigenvalue weighted by molar-refractivity contribution is 5.89. The molecule has 9 N–H and O–H groups in total. The van der Waals surface area contributed by atoms with Gasteiger partial charge in [-0.25, -0.2) is 0 Å². The molecule has 0 heterocycles.